The van der Waals surface area contributed by atoms with Gasteiger partial charge in [-0.05, 0) is 44.0 Å². The number of fused-ring (bicyclic) bond motifs is 1. The first-order valence-corrected chi connectivity index (χ1v) is 10.0. The van der Waals surface area contributed by atoms with Gasteiger partial charge in [0.15, 0.2) is 0 Å². The minimum Gasteiger partial charge on any atom is -0.338 e. The normalized spacial score (nSPS) is 15.0. The number of rotatable bonds is 3. The zero-order valence-electron chi connectivity index (χ0n) is 16.8. The van der Waals surface area contributed by atoms with Crippen molar-refractivity contribution in [2.24, 2.45) is 0 Å². The van der Waals surface area contributed by atoms with E-state index in [-0.39, 0.29) is 29.1 Å². The van der Waals surface area contributed by atoms with Crippen LogP contribution in [0.1, 0.15) is 40.5 Å². The second-order valence-electron chi connectivity index (χ2n) is 7.64. The van der Waals surface area contributed by atoms with Gasteiger partial charge in [-0.15, -0.1) is 5.10 Å². The Hall–Kier alpha value is -3.82. The number of carbonyl (C=O) groups excluding carboxylic acids is 1. The molecule has 1 saturated heterocycles. The highest BCUT2D eigenvalue weighted by Gasteiger charge is 2.27. The van der Waals surface area contributed by atoms with Gasteiger partial charge in [-0.2, -0.15) is 5.10 Å². The van der Waals surface area contributed by atoms with Gasteiger partial charge in [0.25, 0.3) is 11.5 Å². The SMILES string of the molecule is Cc1c(C(=O)N2CCC(c3ccc(F)cn3)CC2)cnn1-c1nn2cccc2c(=O)[nH]1. The summed E-state index contributed by atoms with van der Waals surface area (Å²) in [4.78, 5) is 34.0. The Morgan fingerprint density at radius 2 is 2.00 bits per heavy atom. The number of pyridine rings is 1. The van der Waals surface area contributed by atoms with Gasteiger partial charge in [-0.1, -0.05) is 0 Å². The topological polar surface area (TPSA) is 101 Å². The summed E-state index contributed by atoms with van der Waals surface area (Å²) in [6.07, 6.45) is 5.94. The molecule has 9 nitrogen and oxygen atoms in total. The number of carbonyl (C=O) groups is 1. The number of piperidine rings is 1. The molecule has 1 fully saturated rings. The van der Waals surface area contributed by atoms with Crippen LogP contribution in [0.5, 0.6) is 0 Å². The molecular formula is C21H20FN7O2. The number of halogens is 1. The Labute approximate surface area is 176 Å². The summed E-state index contributed by atoms with van der Waals surface area (Å²) in [7, 11) is 0. The molecule has 10 heteroatoms. The zero-order valence-corrected chi connectivity index (χ0v) is 16.8. The van der Waals surface area contributed by atoms with Crippen molar-refractivity contribution in [3.8, 4) is 5.95 Å². The van der Waals surface area contributed by atoms with Gasteiger partial charge < -0.3 is 4.90 Å². The van der Waals surface area contributed by atoms with E-state index in [9.17, 15) is 14.0 Å². The van der Waals surface area contributed by atoms with Crippen LogP contribution in [0.2, 0.25) is 0 Å². The van der Waals surface area contributed by atoms with Gasteiger partial charge in [0, 0.05) is 30.9 Å². The summed E-state index contributed by atoms with van der Waals surface area (Å²) < 4.78 is 16.0. The van der Waals surface area contributed by atoms with Gasteiger partial charge in [0.1, 0.15) is 11.3 Å². The van der Waals surface area contributed by atoms with Crippen molar-refractivity contribution in [2.45, 2.75) is 25.7 Å². The van der Waals surface area contributed by atoms with E-state index >= 15 is 0 Å². The number of nitrogens with zero attached hydrogens (tertiary/aromatic N) is 6. The molecule has 0 atom stereocenters. The van der Waals surface area contributed by atoms with Crippen molar-refractivity contribution < 1.29 is 9.18 Å². The largest absolute Gasteiger partial charge is 0.338 e. The third-order valence-electron chi connectivity index (χ3n) is 5.78. The van der Waals surface area contributed by atoms with Crippen molar-refractivity contribution in [3.05, 3.63) is 76.0 Å². The number of likely N-dealkylation sites (tertiary alicyclic amines) is 1. The molecule has 0 saturated carbocycles. The fraction of sp³-hybridized carbons (Fsp3) is 0.286. The summed E-state index contributed by atoms with van der Waals surface area (Å²) >= 11 is 0. The van der Waals surface area contributed by atoms with Crippen LogP contribution in [0.3, 0.4) is 0 Å². The number of hydrogen-bond donors (Lipinski definition) is 1. The third kappa shape index (κ3) is 3.39. The van der Waals surface area contributed by atoms with Crippen molar-refractivity contribution in [3.63, 3.8) is 0 Å². The molecule has 1 aliphatic heterocycles. The second-order valence-corrected chi connectivity index (χ2v) is 7.64. The zero-order chi connectivity index (χ0) is 21.5. The molecule has 31 heavy (non-hydrogen) atoms. The highest BCUT2D eigenvalue weighted by molar-refractivity contribution is 5.95. The lowest BCUT2D eigenvalue weighted by Gasteiger charge is -2.31. The molecule has 4 aromatic heterocycles. The fourth-order valence-electron chi connectivity index (χ4n) is 4.04. The average Bonchev–Trinajstić information content (AvgIpc) is 3.41. The van der Waals surface area contributed by atoms with Crippen LogP contribution < -0.4 is 5.56 Å². The summed E-state index contributed by atoms with van der Waals surface area (Å²) in [6.45, 7) is 2.93. The van der Waals surface area contributed by atoms with Gasteiger partial charge in [0.2, 0.25) is 5.95 Å². The maximum Gasteiger partial charge on any atom is 0.276 e. The Morgan fingerprint density at radius 1 is 1.19 bits per heavy atom. The minimum absolute atomic E-state index is 0.112. The molecule has 5 heterocycles. The first kappa shape index (κ1) is 19.2. The van der Waals surface area contributed by atoms with Gasteiger partial charge >= 0.3 is 0 Å². The average molecular weight is 421 g/mol. The van der Waals surface area contributed by atoms with Crippen LogP contribution in [0.25, 0.3) is 11.5 Å². The maximum absolute atomic E-state index is 13.1. The number of hydrogen-bond acceptors (Lipinski definition) is 5. The molecule has 1 aliphatic rings. The fourth-order valence-corrected chi connectivity index (χ4v) is 4.04. The van der Waals surface area contributed by atoms with Crippen LogP contribution in [-0.4, -0.2) is 53.3 Å². The lowest BCUT2D eigenvalue weighted by Crippen LogP contribution is -2.38. The van der Waals surface area contributed by atoms with E-state index in [1.165, 1.54) is 27.7 Å². The predicted molar refractivity (Wildman–Crippen MR) is 110 cm³/mol. The van der Waals surface area contributed by atoms with Crippen LogP contribution in [0, 0.1) is 12.7 Å². The van der Waals surface area contributed by atoms with Crippen LogP contribution >= 0.6 is 0 Å². The maximum atomic E-state index is 13.1. The summed E-state index contributed by atoms with van der Waals surface area (Å²) in [5, 5.41) is 8.65. The van der Waals surface area contributed by atoms with Crippen molar-refractivity contribution >= 4 is 11.4 Å². The Morgan fingerprint density at radius 3 is 2.74 bits per heavy atom. The molecule has 0 unspecified atom stereocenters. The molecule has 1 amide bonds. The quantitative estimate of drug-likeness (QED) is 0.546. The third-order valence-corrected chi connectivity index (χ3v) is 5.78. The number of amides is 1. The number of nitrogens with one attached hydrogen (secondary N) is 1. The van der Waals surface area contributed by atoms with Gasteiger partial charge in [0.05, 0.1) is 23.7 Å². The molecule has 0 bridgehead atoms. The standard InChI is InChI=1S/C21H20FN7O2/c1-13-16(12-24-29(13)21-25-19(30)18-3-2-8-28(18)26-21)20(31)27-9-6-14(7-10-27)17-5-4-15(22)11-23-17/h2-5,8,11-12,14H,6-7,9-10H2,1H3,(H,25,26,30). The summed E-state index contributed by atoms with van der Waals surface area (Å²) in [5.41, 5.74) is 2.07. The van der Waals surface area contributed by atoms with Gasteiger partial charge in [-0.3, -0.25) is 19.6 Å². The molecule has 0 spiro atoms. The smallest absolute Gasteiger partial charge is 0.276 e. The second kappa shape index (κ2) is 7.46. The molecular weight excluding hydrogens is 401 g/mol. The van der Waals surface area contributed by atoms with Crippen molar-refractivity contribution in [1.29, 1.82) is 0 Å². The highest BCUT2D eigenvalue weighted by Crippen LogP contribution is 2.27. The van der Waals surface area contributed by atoms with E-state index in [4.69, 9.17) is 0 Å². The molecule has 0 aliphatic carbocycles. The van der Waals surface area contributed by atoms with E-state index in [1.807, 2.05) is 0 Å². The van der Waals surface area contributed by atoms with Crippen LogP contribution in [0.15, 0.2) is 47.7 Å². The van der Waals surface area contributed by atoms with Crippen LogP contribution in [-0.2, 0) is 0 Å². The van der Waals surface area contributed by atoms with Crippen LogP contribution in [0.4, 0.5) is 4.39 Å². The molecule has 1 N–H and O–H groups in total. The summed E-state index contributed by atoms with van der Waals surface area (Å²) in [6, 6.07) is 6.53. The Kier molecular flexibility index (Phi) is 4.61. The number of H-pyrrole nitrogens is 1. The molecule has 158 valence electrons. The minimum atomic E-state index is -0.351. The van der Waals surface area contributed by atoms with E-state index in [0.29, 0.717) is 29.9 Å². The lowest BCUT2D eigenvalue weighted by atomic mass is 9.92. The predicted octanol–water partition coefficient (Wildman–Crippen LogP) is 2.07. The van der Waals surface area contributed by atoms with Gasteiger partial charge in [-0.25, -0.2) is 13.6 Å². The molecule has 5 rings (SSSR count). The number of aromatic amines is 1. The van der Waals surface area contributed by atoms with E-state index in [2.05, 4.69) is 20.2 Å². The van der Waals surface area contributed by atoms with Crippen molar-refractivity contribution in [1.82, 2.24) is 34.3 Å². The van der Waals surface area contributed by atoms with Crippen molar-refractivity contribution in [2.75, 3.05) is 13.1 Å². The summed E-state index contributed by atoms with van der Waals surface area (Å²) in [5.74, 6) is -0.0170. The Balaban J connectivity index is 1.34. The van der Waals surface area contributed by atoms with E-state index in [1.54, 1.807) is 36.2 Å². The monoisotopic (exact) mass is 421 g/mol. The Bertz CT molecular complexity index is 1310. The first-order valence-electron chi connectivity index (χ1n) is 10.0. The highest BCUT2D eigenvalue weighted by atomic mass is 19.1. The molecule has 0 aromatic carbocycles. The molecule has 4 aromatic rings. The number of aromatic nitrogens is 6. The van der Waals surface area contributed by atoms with E-state index in [0.717, 1.165) is 18.5 Å². The first-order chi connectivity index (χ1) is 15.0. The van der Waals surface area contributed by atoms with E-state index < -0.39 is 0 Å². The molecule has 0 radical (unpaired) electrons. The lowest BCUT2D eigenvalue weighted by molar-refractivity contribution is 0.0711.